The molecule has 0 saturated heterocycles. The van der Waals surface area contributed by atoms with Gasteiger partial charge in [-0.1, -0.05) is 44.2 Å². The number of nitrogens with zero attached hydrogens (tertiary/aromatic N) is 1. The molecular formula is C18H28N2O2. The van der Waals surface area contributed by atoms with Crippen molar-refractivity contribution in [3.8, 4) is 0 Å². The second-order valence-electron chi connectivity index (χ2n) is 5.54. The van der Waals surface area contributed by atoms with Crippen molar-refractivity contribution in [2.75, 3.05) is 13.1 Å². The molecule has 0 aliphatic heterocycles. The van der Waals surface area contributed by atoms with Gasteiger partial charge < -0.3 is 10.2 Å². The van der Waals surface area contributed by atoms with E-state index in [9.17, 15) is 9.59 Å². The second kappa shape index (κ2) is 9.98. The highest BCUT2D eigenvalue weighted by Gasteiger charge is 2.24. The zero-order valence-electron chi connectivity index (χ0n) is 14.0. The lowest BCUT2D eigenvalue weighted by atomic mass is 10.1. The Balaban J connectivity index is 2.70. The van der Waals surface area contributed by atoms with E-state index < -0.39 is 6.04 Å². The molecule has 0 unspecified atom stereocenters. The van der Waals surface area contributed by atoms with Crippen molar-refractivity contribution in [3.05, 3.63) is 35.9 Å². The van der Waals surface area contributed by atoms with Crippen molar-refractivity contribution in [1.29, 1.82) is 0 Å². The van der Waals surface area contributed by atoms with Gasteiger partial charge in [0, 0.05) is 19.5 Å². The lowest BCUT2D eigenvalue weighted by Gasteiger charge is -2.28. The van der Waals surface area contributed by atoms with Crippen molar-refractivity contribution in [2.24, 2.45) is 0 Å². The van der Waals surface area contributed by atoms with Crippen LogP contribution in [0.1, 0.15) is 45.6 Å². The fourth-order valence-electron chi connectivity index (χ4n) is 2.32. The summed E-state index contributed by atoms with van der Waals surface area (Å²) in [5.74, 6) is -0.0167. The SMILES string of the molecule is CCCNC(=O)[C@@H](C)N(CCc1ccccc1)C(=O)CCC. The van der Waals surface area contributed by atoms with Crippen molar-refractivity contribution in [2.45, 2.75) is 52.5 Å². The van der Waals surface area contributed by atoms with Gasteiger partial charge in [0.15, 0.2) is 0 Å². The standard InChI is InChI=1S/C18H28N2O2/c1-4-9-17(21)20(15(3)18(22)19-13-5-2)14-12-16-10-7-6-8-11-16/h6-8,10-11,15H,4-5,9,12-14H2,1-3H3,(H,19,22)/t15-/m1/s1. The third-order valence-corrected chi connectivity index (χ3v) is 3.66. The Morgan fingerprint density at radius 3 is 2.41 bits per heavy atom. The van der Waals surface area contributed by atoms with Gasteiger partial charge in [-0.05, 0) is 31.7 Å². The van der Waals surface area contributed by atoms with Gasteiger partial charge in [-0.25, -0.2) is 0 Å². The average Bonchev–Trinajstić information content (AvgIpc) is 2.53. The van der Waals surface area contributed by atoms with Gasteiger partial charge >= 0.3 is 0 Å². The van der Waals surface area contributed by atoms with E-state index in [0.29, 0.717) is 19.5 Å². The Labute approximate surface area is 133 Å². The third-order valence-electron chi connectivity index (χ3n) is 3.66. The maximum atomic E-state index is 12.3. The molecule has 0 heterocycles. The summed E-state index contributed by atoms with van der Waals surface area (Å²) in [6.45, 7) is 7.03. The predicted molar refractivity (Wildman–Crippen MR) is 89.5 cm³/mol. The summed E-state index contributed by atoms with van der Waals surface area (Å²) in [7, 11) is 0. The first-order valence-corrected chi connectivity index (χ1v) is 8.21. The molecule has 1 aromatic rings. The average molecular weight is 304 g/mol. The summed E-state index contributed by atoms with van der Waals surface area (Å²) in [5, 5.41) is 2.87. The number of benzene rings is 1. The number of nitrogens with one attached hydrogen (secondary N) is 1. The zero-order chi connectivity index (χ0) is 16.4. The maximum absolute atomic E-state index is 12.3. The molecule has 0 spiro atoms. The highest BCUT2D eigenvalue weighted by molar-refractivity contribution is 5.87. The van der Waals surface area contributed by atoms with E-state index in [1.807, 2.05) is 51.1 Å². The maximum Gasteiger partial charge on any atom is 0.242 e. The van der Waals surface area contributed by atoms with Gasteiger partial charge in [-0.2, -0.15) is 0 Å². The fraction of sp³-hybridized carbons (Fsp3) is 0.556. The van der Waals surface area contributed by atoms with Gasteiger partial charge in [-0.15, -0.1) is 0 Å². The Kier molecular flexibility index (Phi) is 8.26. The van der Waals surface area contributed by atoms with Gasteiger partial charge in [0.2, 0.25) is 11.8 Å². The Bertz CT molecular complexity index is 459. The first-order valence-electron chi connectivity index (χ1n) is 8.21. The largest absolute Gasteiger partial charge is 0.354 e. The van der Waals surface area contributed by atoms with E-state index in [2.05, 4.69) is 5.32 Å². The van der Waals surface area contributed by atoms with Crippen LogP contribution in [0.25, 0.3) is 0 Å². The molecule has 1 aromatic carbocycles. The molecule has 0 aliphatic carbocycles. The van der Waals surface area contributed by atoms with Crippen molar-refractivity contribution < 1.29 is 9.59 Å². The van der Waals surface area contributed by atoms with Crippen LogP contribution in [0.15, 0.2) is 30.3 Å². The Morgan fingerprint density at radius 1 is 1.14 bits per heavy atom. The second-order valence-corrected chi connectivity index (χ2v) is 5.54. The Morgan fingerprint density at radius 2 is 1.82 bits per heavy atom. The molecule has 0 aromatic heterocycles. The van der Waals surface area contributed by atoms with Crippen LogP contribution < -0.4 is 5.32 Å². The lowest BCUT2D eigenvalue weighted by molar-refractivity contribution is -0.139. The quantitative estimate of drug-likeness (QED) is 0.762. The van der Waals surface area contributed by atoms with Crippen LogP contribution in [0, 0.1) is 0 Å². The number of rotatable bonds is 9. The van der Waals surface area contributed by atoms with Gasteiger partial charge in [0.05, 0.1) is 0 Å². The van der Waals surface area contributed by atoms with Gasteiger partial charge in [0.1, 0.15) is 6.04 Å². The summed E-state index contributed by atoms with van der Waals surface area (Å²) < 4.78 is 0. The fourth-order valence-corrected chi connectivity index (χ4v) is 2.32. The van der Waals surface area contributed by atoms with E-state index in [-0.39, 0.29) is 11.8 Å². The van der Waals surface area contributed by atoms with E-state index >= 15 is 0 Å². The molecule has 1 N–H and O–H groups in total. The van der Waals surface area contributed by atoms with Gasteiger partial charge in [0.25, 0.3) is 0 Å². The molecular weight excluding hydrogens is 276 g/mol. The molecule has 1 rings (SSSR count). The molecule has 0 radical (unpaired) electrons. The predicted octanol–water partition coefficient (Wildman–Crippen LogP) is 2.77. The Hall–Kier alpha value is -1.84. The molecule has 0 bridgehead atoms. The zero-order valence-corrected chi connectivity index (χ0v) is 14.0. The van der Waals surface area contributed by atoms with Crippen molar-refractivity contribution in [3.63, 3.8) is 0 Å². The van der Waals surface area contributed by atoms with Crippen molar-refractivity contribution >= 4 is 11.8 Å². The molecule has 1 atom stereocenters. The first kappa shape index (κ1) is 18.2. The summed E-state index contributed by atoms with van der Waals surface area (Å²) >= 11 is 0. The highest BCUT2D eigenvalue weighted by Crippen LogP contribution is 2.08. The summed E-state index contributed by atoms with van der Waals surface area (Å²) in [5.41, 5.74) is 1.18. The van der Waals surface area contributed by atoms with Crippen LogP contribution in [0.2, 0.25) is 0 Å². The summed E-state index contributed by atoms with van der Waals surface area (Å²) in [6, 6.07) is 9.63. The van der Waals surface area contributed by atoms with E-state index in [4.69, 9.17) is 0 Å². The monoisotopic (exact) mass is 304 g/mol. The van der Waals surface area contributed by atoms with Crippen LogP contribution in [-0.4, -0.2) is 35.8 Å². The number of hydrogen-bond donors (Lipinski definition) is 1. The molecule has 4 heteroatoms. The molecule has 22 heavy (non-hydrogen) atoms. The summed E-state index contributed by atoms with van der Waals surface area (Å²) in [4.78, 5) is 26.2. The molecule has 0 saturated carbocycles. The van der Waals surface area contributed by atoms with Crippen LogP contribution >= 0.6 is 0 Å². The molecule has 0 fully saturated rings. The topological polar surface area (TPSA) is 49.4 Å². The number of carbonyl (C=O) groups is 2. The minimum absolute atomic E-state index is 0.0533. The molecule has 2 amide bonds. The van der Waals surface area contributed by atoms with Crippen LogP contribution in [0.3, 0.4) is 0 Å². The van der Waals surface area contributed by atoms with E-state index in [1.165, 1.54) is 5.56 Å². The van der Waals surface area contributed by atoms with Gasteiger partial charge in [-0.3, -0.25) is 9.59 Å². The van der Waals surface area contributed by atoms with Crippen LogP contribution in [0.4, 0.5) is 0 Å². The number of hydrogen-bond acceptors (Lipinski definition) is 2. The minimum Gasteiger partial charge on any atom is -0.354 e. The molecule has 0 aliphatic rings. The third kappa shape index (κ3) is 5.88. The van der Waals surface area contributed by atoms with Crippen LogP contribution in [-0.2, 0) is 16.0 Å². The van der Waals surface area contributed by atoms with Crippen molar-refractivity contribution in [1.82, 2.24) is 10.2 Å². The number of carbonyl (C=O) groups excluding carboxylic acids is 2. The smallest absolute Gasteiger partial charge is 0.242 e. The highest BCUT2D eigenvalue weighted by atomic mass is 16.2. The lowest BCUT2D eigenvalue weighted by Crippen LogP contribution is -2.48. The summed E-state index contributed by atoms with van der Waals surface area (Å²) in [6.07, 6.45) is 2.94. The molecule has 122 valence electrons. The van der Waals surface area contributed by atoms with E-state index in [0.717, 1.165) is 19.3 Å². The normalized spacial score (nSPS) is 11.8. The number of amides is 2. The van der Waals surface area contributed by atoms with Crippen LogP contribution in [0.5, 0.6) is 0 Å². The first-order chi connectivity index (χ1) is 10.6. The molecule has 4 nitrogen and oxygen atoms in total. The van der Waals surface area contributed by atoms with E-state index in [1.54, 1.807) is 4.90 Å². The minimum atomic E-state index is -0.422.